The summed E-state index contributed by atoms with van der Waals surface area (Å²) in [6.45, 7) is 1.47. The van der Waals surface area contributed by atoms with Crippen LogP contribution in [0.2, 0.25) is 0 Å². The summed E-state index contributed by atoms with van der Waals surface area (Å²) in [5, 5.41) is 6.24. The van der Waals surface area contributed by atoms with Gasteiger partial charge in [-0.05, 0) is 50.5 Å². The highest BCUT2D eigenvalue weighted by atomic mass is 16.1. The van der Waals surface area contributed by atoms with Crippen molar-refractivity contribution in [2.75, 3.05) is 18.4 Å². The van der Waals surface area contributed by atoms with Crippen LogP contribution in [0, 0.1) is 0 Å². The van der Waals surface area contributed by atoms with Crippen molar-refractivity contribution in [2.45, 2.75) is 44.9 Å². The van der Waals surface area contributed by atoms with Crippen molar-refractivity contribution in [3.63, 3.8) is 0 Å². The fraction of sp³-hybridized carbons (Fsp3) is 0.409. The predicted octanol–water partition coefficient (Wildman–Crippen LogP) is 4.14. The molecule has 1 amide bonds. The number of hydrogen-bond donors (Lipinski definition) is 2. The molecule has 0 atom stereocenters. The Kier molecular flexibility index (Phi) is 7.39. The summed E-state index contributed by atoms with van der Waals surface area (Å²) < 4.78 is 0. The quantitative estimate of drug-likeness (QED) is 0.518. The molecule has 0 spiro atoms. The summed E-state index contributed by atoms with van der Waals surface area (Å²) in [5.74, 6) is 0.555. The molecule has 0 bridgehead atoms. The van der Waals surface area contributed by atoms with Crippen LogP contribution in [0.25, 0.3) is 0 Å². The van der Waals surface area contributed by atoms with Crippen molar-refractivity contribution < 1.29 is 4.79 Å². The van der Waals surface area contributed by atoms with Gasteiger partial charge in [-0.2, -0.15) is 0 Å². The van der Waals surface area contributed by atoms with Crippen LogP contribution in [0.3, 0.4) is 0 Å². The number of nitrogens with zero attached hydrogens (tertiary/aromatic N) is 2. The summed E-state index contributed by atoms with van der Waals surface area (Å²) in [6.07, 6.45) is 11.7. The summed E-state index contributed by atoms with van der Waals surface area (Å²) in [6, 6.07) is 12.0. The second-order valence-corrected chi connectivity index (χ2v) is 6.92. The number of amides is 1. The first kappa shape index (κ1) is 19.1. The molecular formula is C22H28N4O. The van der Waals surface area contributed by atoms with Gasteiger partial charge in [-0.25, -0.2) is 9.97 Å². The van der Waals surface area contributed by atoms with Gasteiger partial charge in [0.15, 0.2) is 0 Å². The lowest BCUT2D eigenvalue weighted by Crippen LogP contribution is -2.26. The zero-order valence-corrected chi connectivity index (χ0v) is 15.8. The minimum atomic E-state index is -0.150. The Balaban J connectivity index is 1.40. The fourth-order valence-corrected chi connectivity index (χ4v) is 3.29. The van der Waals surface area contributed by atoms with E-state index in [1.165, 1.54) is 43.1 Å². The molecule has 0 unspecified atom stereocenters. The zero-order valence-electron chi connectivity index (χ0n) is 15.8. The highest BCUT2D eigenvalue weighted by Crippen LogP contribution is 2.19. The standard InChI is InChI=1S/C22H28N4O/c27-22(24-14-7-12-18-8-3-1-4-9-18)20-16-21(26-17-25-20)23-15-13-19-10-5-2-6-11-19/h1,3-4,8-10,16-17H,2,5-7,11-15H2,(H,24,27)(H,23,25,26). The van der Waals surface area contributed by atoms with E-state index in [1.54, 1.807) is 6.07 Å². The van der Waals surface area contributed by atoms with Crippen LogP contribution >= 0.6 is 0 Å². The van der Waals surface area contributed by atoms with E-state index >= 15 is 0 Å². The Labute approximate surface area is 161 Å². The van der Waals surface area contributed by atoms with E-state index in [-0.39, 0.29) is 5.91 Å². The largest absolute Gasteiger partial charge is 0.370 e. The average Bonchev–Trinajstić information content (AvgIpc) is 2.73. The van der Waals surface area contributed by atoms with E-state index in [1.807, 2.05) is 18.2 Å². The molecule has 0 fully saturated rings. The molecule has 0 radical (unpaired) electrons. The number of hydrogen-bond acceptors (Lipinski definition) is 4. The number of aromatic nitrogens is 2. The molecule has 1 heterocycles. The first-order valence-corrected chi connectivity index (χ1v) is 9.87. The van der Waals surface area contributed by atoms with Crippen LogP contribution in [-0.4, -0.2) is 29.0 Å². The van der Waals surface area contributed by atoms with Gasteiger partial charge in [-0.3, -0.25) is 4.79 Å². The lowest BCUT2D eigenvalue weighted by molar-refractivity contribution is 0.0948. The third-order valence-electron chi connectivity index (χ3n) is 4.81. The van der Waals surface area contributed by atoms with Gasteiger partial charge in [-0.15, -0.1) is 0 Å². The first-order chi connectivity index (χ1) is 13.3. The molecule has 1 aromatic carbocycles. The third-order valence-corrected chi connectivity index (χ3v) is 4.81. The van der Waals surface area contributed by atoms with Crippen molar-refractivity contribution in [3.05, 3.63) is 65.6 Å². The van der Waals surface area contributed by atoms with E-state index in [9.17, 15) is 4.79 Å². The minimum absolute atomic E-state index is 0.150. The molecule has 0 saturated heterocycles. The van der Waals surface area contributed by atoms with Crippen molar-refractivity contribution in [3.8, 4) is 0 Å². The maximum atomic E-state index is 12.3. The minimum Gasteiger partial charge on any atom is -0.370 e. The highest BCUT2D eigenvalue weighted by molar-refractivity contribution is 5.92. The molecule has 1 aliphatic carbocycles. The highest BCUT2D eigenvalue weighted by Gasteiger charge is 2.09. The van der Waals surface area contributed by atoms with Gasteiger partial charge < -0.3 is 10.6 Å². The lowest BCUT2D eigenvalue weighted by atomic mass is 9.97. The number of nitrogens with one attached hydrogen (secondary N) is 2. The third kappa shape index (κ3) is 6.51. The number of allylic oxidation sites excluding steroid dienone is 1. The Morgan fingerprint density at radius 1 is 1.04 bits per heavy atom. The maximum absolute atomic E-state index is 12.3. The molecular weight excluding hydrogens is 336 g/mol. The molecule has 2 aromatic rings. The molecule has 27 heavy (non-hydrogen) atoms. The SMILES string of the molecule is O=C(NCCCc1ccccc1)c1cc(NCCC2=CCCCC2)ncn1. The molecule has 142 valence electrons. The number of carbonyl (C=O) groups excluding carboxylic acids is 1. The summed E-state index contributed by atoms with van der Waals surface area (Å²) >= 11 is 0. The number of carbonyl (C=O) groups is 1. The monoisotopic (exact) mass is 364 g/mol. The summed E-state index contributed by atoms with van der Waals surface area (Å²) in [7, 11) is 0. The molecule has 2 N–H and O–H groups in total. The number of aryl methyl sites for hydroxylation is 1. The van der Waals surface area contributed by atoms with E-state index in [4.69, 9.17) is 0 Å². The molecule has 0 aliphatic heterocycles. The maximum Gasteiger partial charge on any atom is 0.270 e. The van der Waals surface area contributed by atoms with Crippen LogP contribution in [-0.2, 0) is 6.42 Å². The Morgan fingerprint density at radius 3 is 2.74 bits per heavy atom. The average molecular weight is 364 g/mol. The van der Waals surface area contributed by atoms with Crippen LogP contribution in [0.5, 0.6) is 0 Å². The van der Waals surface area contributed by atoms with Crippen LogP contribution in [0.15, 0.2) is 54.4 Å². The molecule has 0 saturated carbocycles. The van der Waals surface area contributed by atoms with Gasteiger partial charge >= 0.3 is 0 Å². The molecule has 3 rings (SSSR count). The Morgan fingerprint density at radius 2 is 1.93 bits per heavy atom. The van der Waals surface area contributed by atoms with E-state index < -0.39 is 0 Å². The number of rotatable bonds is 9. The second-order valence-electron chi connectivity index (χ2n) is 6.92. The van der Waals surface area contributed by atoms with E-state index in [2.05, 4.69) is 38.8 Å². The smallest absolute Gasteiger partial charge is 0.270 e. The summed E-state index contributed by atoms with van der Waals surface area (Å²) in [4.78, 5) is 20.6. The van der Waals surface area contributed by atoms with Crippen LogP contribution in [0.1, 0.15) is 54.6 Å². The second kappa shape index (κ2) is 10.5. The van der Waals surface area contributed by atoms with E-state index in [0.29, 0.717) is 18.1 Å². The van der Waals surface area contributed by atoms with Gasteiger partial charge in [0.1, 0.15) is 17.8 Å². The predicted molar refractivity (Wildman–Crippen MR) is 109 cm³/mol. The van der Waals surface area contributed by atoms with Gasteiger partial charge in [0, 0.05) is 19.2 Å². The van der Waals surface area contributed by atoms with Gasteiger partial charge in [0.25, 0.3) is 5.91 Å². The van der Waals surface area contributed by atoms with Gasteiger partial charge in [-0.1, -0.05) is 42.0 Å². The first-order valence-electron chi connectivity index (χ1n) is 9.87. The zero-order chi connectivity index (χ0) is 18.7. The van der Waals surface area contributed by atoms with Gasteiger partial charge in [0.2, 0.25) is 0 Å². The molecule has 1 aromatic heterocycles. The Hall–Kier alpha value is -2.69. The molecule has 5 nitrogen and oxygen atoms in total. The van der Waals surface area contributed by atoms with Gasteiger partial charge in [0.05, 0.1) is 0 Å². The normalized spacial score (nSPS) is 13.7. The number of benzene rings is 1. The van der Waals surface area contributed by atoms with Crippen molar-refractivity contribution in [2.24, 2.45) is 0 Å². The Bertz CT molecular complexity index is 758. The van der Waals surface area contributed by atoms with E-state index in [0.717, 1.165) is 25.8 Å². The van der Waals surface area contributed by atoms with Crippen LogP contribution < -0.4 is 10.6 Å². The number of anilines is 1. The molecule has 1 aliphatic rings. The fourth-order valence-electron chi connectivity index (χ4n) is 3.29. The summed E-state index contributed by atoms with van der Waals surface area (Å²) in [5.41, 5.74) is 3.22. The van der Waals surface area contributed by atoms with Crippen molar-refractivity contribution in [1.82, 2.24) is 15.3 Å². The van der Waals surface area contributed by atoms with Crippen LogP contribution in [0.4, 0.5) is 5.82 Å². The van der Waals surface area contributed by atoms with Crippen molar-refractivity contribution in [1.29, 1.82) is 0 Å². The topological polar surface area (TPSA) is 66.9 Å². The molecule has 5 heteroatoms. The lowest BCUT2D eigenvalue weighted by Gasteiger charge is -2.13. The van der Waals surface area contributed by atoms with Crippen molar-refractivity contribution >= 4 is 11.7 Å².